The number of hydrogen-bond donors (Lipinski definition) is 0. The summed E-state index contributed by atoms with van der Waals surface area (Å²) in [6.07, 6.45) is 8.86. The first-order valence-electron chi connectivity index (χ1n) is 10.4. The Balaban J connectivity index is 1.59. The van der Waals surface area contributed by atoms with Crippen LogP contribution in [0, 0.1) is 5.92 Å². The van der Waals surface area contributed by atoms with Gasteiger partial charge in [-0.3, -0.25) is 14.5 Å². The van der Waals surface area contributed by atoms with Crippen molar-refractivity contribution in [3.63, 3.8) is 0 Å². The third-order valence-electron chi connectivity index (χ3n) is 6.51. The van der Waals surface area contributed by atoms with Gasteiger partial charge in [0.15, 0.2) is 0 Å². The van der Waals surface area contributed by atoms with Crippen molar-refractivity contribution in [2.75, 3.05) is 32.7 Å². The maximum absolute atomic E-state index is 13.1. The molecule has 0 unspecified atom stereocenters. The number of amides is 2. The Labute approximate surface area is 152 Å². The van der Waals surface area contributed by atoms with Crippen molar-refractivity contribution >= 4 is 11.8 Å². The van der Waals surface area contributed by atoms with Crippen LogP contribution in [0.25, 0.3) is 0 Å². The topological polar surface area (TPSA) is 43.9 Å². The van der Waals surface area contributed by atoms with Gasteiger partial charge in [0, 0.05) is 32.2 Å². The summed E-state index contributed by atoms with van der Waals surface area (Å²) in [5.41, 5.74) is 0. The van der Waals surface area contributed by atoms with Gasteiger partial charge in [0.2, 0.25) is 11.8 Å². The largest absolute Gasteiger partial charge is 0.342 e. The fourth-order valence-electron chi connectivity index (χ4n) is 4.87. The van der Waals surface area contributed by atoms with Crippen molar-refractivity contribution in [3.05, 3.63) is 0 Å². The minimum atomic E-state index is -0.0960. The molecule has 0 radical (unpaired) electrons. The molecule has 142 valence electrons. The van der Waals surface area contributed by atoms with Gasteiger partial charge in [0.25, 0.3) is 0 Å². The van der Waals surface area contributed by atoms with E-state index in [1.807, 2.05) is 11.8 Å². The summed E-state index contributed by atoms with van der Waals surface area (Å²) < 4.78 is 0. The number of piperidine rings is 2. The van der Waals surface area contributed by atoms with Crippen LogP contribution in [-0.2, 0) is 9.59 Å². The van der Waals surface area contributed by atoms with Crippen LogP contribution in [-0.4, -0.2) is 71.3 Å². The highest BCUT2D eigenvalue weighted by molar-refractivity contribution is 5.82. The Morgan fingerprint density at radius 2 is 1.68 bits per heavy atom. The summed E-state index contributed by atoms with van der Waals surface area (Å²) in [5, 5.41) is 0. The molecule has 3 aliphatic rings. The van der Waals surface area contributed by atoms with Crippen molar-refractivity contribution in [2.45, 2.75) is 77.3 Å². The van der Waals surface area contributed by atoms with Crippen LogP contribution in [0.4, 0.5) is 0 Å². The lowest BCUT2D eigenvalue weighted by Crippen LogP contribution is -2.55. The summed E-state index contributed by atoms with van der Waals surface area (Å²) in [6.45, 7) is 8.70. The summed E-state index contributed by atoms with van der Waals surface area (Å²) in [6, 6.07) is 0.317. The van der Waals surface area contributed by atoms with Crippen molar-refractivity contribution in [1.82, 2.24) is 14.7 Å². The van der Waals surface area contributed by atoms with E-state index in [-0.39, 0.29) is 17.9 Å². The highest BCUT2D eigenvalue weighted by Crippen LogP contribution is 2.25. The van der Waals surface area contributed by atoms with E-state index in [4.69, 9.17) is 0 Å². The van der Waals surface area contributed by atoms with Crippen LogP contribution in [0.15, 0.2) is 0 Å². The highest BCUT2D eigenvalue weighted by atomic mass is 16.2. The van der Waals surface area contributed by atoms with E-state index in [0.717, 1.165) is 77.7 Å². The third-order valence-corrected chi connectivity index (χ3v) is 6.51. The predicted octanol–water partition coefficient (Wildman–Crippen LogP) is 2.50. The third kappa shape index (κ3) is 4.18. The Morgan fingerprint density at radius 1 is 0.960 bits per heavy atom. The number of nitrogens with zero attached hydrogens (tertiary/aromatic N) is 3. The minimum Gasteiger partial charge on any atom is -0.342 e. The lowest BCUT2D eigenvalue weighted by molar-refractivity contribution is -0.144. The van der Waals surface area contributed by atoms with Crippen LogP contribution >= 0.6 is 0 Å². The normalized spacial score (nSPS) is 29.7. The Kier molecular flexibility index (Phi) is 6.37. The zero-order valence-corrected chi connectivity index (χ0v) is 16.1. The van der Waals surface area contributed by atoms with Gasteiger partial charge in [-0.15, -0.1) is 0 Å². The first-order chi connectivity index (χ1) is 12.1. The number of hydrogen-bond acceptors (Lipinski definition) is 3. The van der Waals surface area contributed by atoms with Gasteiger partial charge in [-0.05, 0) is 64.8 Å². The Hall–Kier alpha value is -1.10. The number of carbonyl (C=O) groups excluding carboxylic acids is 2. The molecule has 3 heterocycles. The van der Waals surface area contributed by atoms with Gasteiger partial charge in [-0.25, -0.2) is 0 Å². The molecule has 0 bridgehead atoms. The fraction of sp³-hybridized carbons (Fsp3) is 0.900. The molecule has 0 aromatic heterocycles. The predicted molar refractivity (Wildman–Crippen MR) is 99.2 cm³/mol. The van der Waals surface area contributed by atoms with Crippen LogP contribution in [0.5, 0.6) is 0 Å². The zero-order chi connectivity index (χ0) is 17.8. The van der Waals surface area contributed by atoms with Crippen molar-refractivity contribution in [2.24, 2.45) is 5.92 Å². The average molecular weight is 350 g/mol. The number of carbonyl (C=O) groups is 2. The fourth-order valence-corrected chi connectivity index (χ4v) is 4.87. The van der Waals surface area contributed by atoms with Crippen molar-refractivity contribution in [3.8, 4) is 0 Å². The molecule has 3 rings (SSSR count). The molecule has 0 N–H and O–H groups in total. The summed E-state index contributed by atoms with van der Waals surface area (Å²) >= 11 is 0. The zero-order valence-electron chi connectivity index (χ0n) is 16.1. The van der Waals surface area contributed by atoms with E-state index in [2.05, 4.69) is 16.7 Å². The van der Waals surface area contributed by atoms with Gasteiger partial charge in [-0.2, -0.15) is 0 Å². The van der Waals surface area contributed by atoms with Gasteiger partial charge in [0.05, 0.1) is 12.0 Å². The first kappa shape index (κ1) is 18.7. The quantitative estimate of drug-likeness (QED) is 0.783. The van der Waals surface area contributed by atoms with Crippen molar-refractivity contribution in [1.29, 1.82) is 0 Å². The van der Waals surface area contributed by atoms with Gasteiger partial charge >= 0.3 is 0 Å². The number of likely N-dealkylation sites (tertiary alicyclic amines) is 3. The monoisotopic (exact) mass is 349 g/mol. The lowest BCUT2D eigenvalue weighted by atomic mass is 9.94. The molecule has 0 saturated carbocycles. The second-order valence-corrected chi connectivity index (χ2v) is 8.13. The van der Waals surface area contributed by atoms with E-state index < -0.39 is 0 Å². The molecule has 0 aromatic carbocycles. The molecule has 2 amide bonds. The van der Waals surface area contributed by atoms with E-state index in [9.17, 15) is 9.59 Å². The Bertz CT molecular complexity index is 476. The average Bonchev–Trinajstić information content (AvgIpc) is 3.21. The molecule has 3 aliphatic heterocycles. The maximum Gasteiger partial charge on any atom is 0.239 e. The summed E-state index contributed by atoms with van der Waals surface area (Å²) in [7, 11) is 0. The standard InChI is InChI=1S/C20H35N3O2/c1-3-18-10-4-5-14-23(18)19(24)16(2)22-13-8-9-17(15-22)20(25)21-11-6-7-12-21/h16-18H,3-15H2,1-2H3/t16-,17-,18-/m1/s1. The molecule has 0 spiro atoms. The van der Waals surface area contributed by atoms with E-state index >= 15 is 0 Å². The molecule has 0 aliphatic carbocycles. The molecule has 5 nitrogen and oxygen atoms in total. The first-order valence-corrected chi connectivity index (χ1v) is 10.4. The molecule has 5 heteroatoms. The molecular formula is C20H35N3O2. The molecule has 0 aromatic rings. The van der Waals surface area contributed by atoms with Gasteiger partial charge < -0.3 is 9.80 Å². The van der Waals surface area contributed by atoms with Gasteiger partial charge in [0.1, 0.15) is 0 Å². The van der Waals surface area contributed by atoms with Gasteiger partial charge in [-0.1, -0.05) is 6.92 Å². The molecule has 3 fully saturated rings. The highest BCUT2D eigenvalue weighted by Gasteiger charge is 2.36. The number of rotatable bonds is 4. The van der Waals surface area contributed by atoms with Crippen LogP contribution in [0.3, 0.4) is 0 Å². The second kappa shape index (κ2) is 8.52. The SMILES string of the molecule is CC[C@@H]1CCCCN1C(=O)[C@@H](C)N1CCC[C@@H](C(=O)N2CCCC2)C1. The van der Waals surface area contributed by atoms with Crippen LogP contribution in [0.1, 0.15) is 65.2 Å². The van der Waals surface area contributed by atoms with E-state index in [1.165, 1.54) is 6.42 Å². The molecular weight excluding hydrogens is 314 g/mol. The lowest BCUT2D eigenvalue weighted by Gasteiger charge is -2.41. The van der Waals surface area contributed by atoms with Crippen LogP contribution in [0.2, 0.25) is 0 Å². The smallest absolute Gasteiger partial charge is 0.239 e. The Morgan fingerprint density at radius 3 is 2.40 bits per heavy atom. The van der Waals surface area contributed by atoms with E-state index in [0.29, 0.717) is 11.9 Å². The second-order valence-electron chi connectivity index (χ2n) is 8.13. The molecule has 3 atom stereocenters. The van der Waals surface area contributed by atoms with Crippen LogP contribution < -0.4 is 0 Å². The molecule has 25 heavy (non-hydrogen) atoms. The van der Waals surface area contributed by atoms with Crippen molar-refractivity contribution < 1.29 is 9.59 Å². The molecule has 3 saturated heterocycles. The summed E-state index contributed by atoms with van der Waals surface area (Å²) in [5.74, 6) is 0.692. The summed E-state index contributed by atoms with van der Waals surface area (Å²) in [4.78, 5) is 32.3. The van der Waals surface area contributed by atoms with E-state index in [1.54, 1.807) is 0 Å². The minimum absolute atomic E-state index is 0.0884. The maximum atomic E-state index is 13.1.